The van der Waals surface area contributed by atoms with E-state index >= 15 is 0 Å². The molecule has 0 amide bonds. The maximum absolute atomic E-state index is 12.9. The van der Waals surface area contributed by atoms with Crippen LogP contribution in [0.15, 0.2) is 42.7 Å². The first-order chi connectivity index (χ1) is 8.25. The van der Waals surface area contributed by atoms with Crippen LogP contribution in [0.5, 0.6) is 0 Å². The van der Waals surface area contributed by atoms with Gasteiger partial charge in [-0.3, -0.25) is 4.98 Å². The first kappa shape index (κ1) is 11.5. The first-order valence-corrected chi connectivity index (χ1v) is 5.33. The van der Waals surface area contributed by atoms with Crippen molar-refractivity contribution in [3.63, 3.8) is 0 Å². The van der Waals surface area contributed by atoms with Crippen molar-refractivity contribution in [1.29, 1.82) is 0 Å². The summed E-state index contributed by atoms with van der Waals surface area (Å²) in [6.45, 7) is 0.650. The van der Waals surface area contributed by atoms with Crippen molar-refractivity contribution in [2.45, 2.75) is 6.42 Å². The summed E-state index contributed by atoms with van der Waals surface area (Å²) in [5.74, 6) is -1.67. The lowest BCUT2D eigenvalue weighted by Crippen LogP contribution is -2.05. The molecule has 4 heteroatoms. The highest BCUT2D eigenvalue weighted by molar-refractivity contribution is 5.43. The zero-order valence-corrected chi connectivity index (χ0v) is 9.16. The molecule has 1 aromatic carbocycles. The zero-order chi connectivity index (χ0) is 12.1. The number of pyridine rings is 1. The molecular weight excluding hydrogens is 222 g/mol. The Hall–Kier alpha value is -1.97. The molecule has 0 radical (unpaired) electrons. The number of anilines is 1. The van der Waals surface area contributed by atoms with E-state index in [-0.39, 0.29) is 0 Å². The van der Waals surface area contributed by atoms with Gasteiger partial charge >= 0.3 is 0 Å². The van der Waals surface area contributed by atoms with E-state index in [0.29, 0.717) is 12.2 Å². The molecule has 2 nitrogen and oxygen atoms in total. The molecule has 0 saturated heterocycles. The van der Waals surface area contributed by atoms with E-state index in [9.17, 15) is 8.78 Å². The average molecular weight is 234 g/mol. The van der Waals surface area contributed by atoms with Gasteiger partial charge < -0.3 is 5.32 Å². The third-order valence-electron chi connectivity index (χ3n) is 2.39. The van der Waals surface area contributed by atoms with Gasteiger partial charge in [-0.1, -0.05) is 6.07 Å². The summed E-state index contributed by atoms with van der Waals surface area (Å²) in [5, 5.41) is 3.03. The highest BCUT2D eigenvalue weighted by atomic mass is 19.2. The summed E-state index contributed by atoms with van der Waals surface area (Å²) in [7, 11) is 0. The second-order valence-electron chi connectivity index (χ2n) is 3.67. The Bertz CT molecular complexity index is 486. The van der Waals surface area contributed by atoms with Crippen LogP contribution < -0.4 is 5.32 Å². The Morgan fingerprint density at radius 2 is 2.00 bits per heavy atom. The van der Waals surface area contributed by atoms with Crippen LogP contribution in [0.1, 0.15) is 5.56 Å². The predicted octanol–water partition coefficient (Wildman–Crippen LogP) is 3.01. The summed E-state index contributed by atoms with van der Waals surface area (Å²) in [5.41, 5.74) is 1.68. The molecule has 17 heavy (non-hydrogen) atoms. The van der Waals surface area contributed by atoms with Crippen LogP contribution >= 0.6 is 0 Å². The van der Waals surface area contributed by atoms with Gasteiger partial charge in [-0.25, -0.2) is 8.78 Å². The number of hydrogen-bond acceptors (Lipinski definition) is 2. The predicted molar refractivity (Wildman–Crippen MR) is 62.8 cm³/mol. The van der Waals surface area contributed by atoms with Crippen LogP contribution in [-0.2, 0) is 6.42 Å². The molecule has 2 rings (SSSR count). The fourth-order valence-electron chi connectivity index (χ4n) is 1.50. The lowest BCUT2D eigenvalue weighted by atomic mass is 10.2. The summed E-state index contributed by atoms with van der Waals surface area (Å²) >= 11 is 0. The molecule has 0 spiro atoms. The molecule has 1 aromatic heterocycles. The zero-order valence-electron chi connectivity index (χ0n) is 9.16. The number of benzene rings is 1. The standard InChI is InChI=1S/C13H12F2N2/c14-12-4-3-11(8-13(12)15)17-7-5-10-2-1-6-16-9-10/h1-4,6,8-9,17H,5,7H2. The number of halogens is 2. The highest BCUT2D eigenvalue weighted by Crippen LogP contribution is 2.12. The van der Waals surface area contributed by atoms with Crippen LogP contribution in [0.25, 0.3) is 0 Å². The molecule has 0 aliphatic rings. The number of hydrogen-bond donors (Lipinski definition) is 1. The van der Waals surface area contributed by atoms with Gasteiger partial charge in [-0.2, -0.15) is 0 Å². The van der Waals surface area contributed by atoms with Gasteiger partial charge in [0.25, 0.3) is 0 Å². The summed E-state index contributed by atoms with van der Waals surface area (Å²) in [6, 6.07) is 7.62. The average Bonchev–Trinajstić information content (AvgIpc) is 2.35. The van der Waals surface area contributed by atoms with E-state index in [0.717, 1.165) is 24.1 Å². The first-order valence-electron chi connectivity index (χ1n) is 5.33. The Kier molecular flexibility index (Phi) is 3.65. The maximum atomic E-state index is 12.9. The van der Waals surface area contributed by atoms with Gasteiger partial charge in [0.05, 0.1) is 0 Å². The van der Waals surface area contributed by atoms with Crippen molar-refractivity contribution in [1.82, 2.24) is 4.98 Å². The van der Waals surface area contributed by atoms with Gasteiger partial charge in [-0.05, 0) is 36.2 Å². The lowest BCUT2D eigenvalue weighted by molar-refractivity contribution is 0.509. The lowest BCUT2D eigenvalue weighted by Gasteiger charge is -2.06. The van der Waals surface area contributed by atoms with Crippen molar-refractivity contribution < 1.29 is 8.78 Å². The fraction of sp³-hybridized carbons (Fsp3) is 0.154. The number of nitrogens with one attached hydrogen (secondary N) is 1. The molecule has 1 heterocycles. The SMILES string of the molecule is Fc1ccc(NCCc2cccnc2)cc1F. The van der Waals surface area contributed by atoms with E-state index in [1.807, 2.05) is 12.1 Å². The molecule has 0 atom stereocenters. The Labute approximate surface area is 98.3 Å². The molecule has 2 aromatic rings. The van der Waals surface area contributed by atoms with Crippen molar-refractivity contribution in [2.24, 2.45) is 0 Å². The van der Waals surface area contributed by atoms with Crippen LogP contribution in [-0.4, -0.2) is 11.5 Å². The van der Waals surface area contributed by atoms with E-state index in [4.69, 9.17) is 0 Å². The van der Waals surface area contributed by atoms with Gasteiger partial charge in [0.2, 0.25) is 0 Å². The largest absolute Gasteiger partial charge is 0.385 e. The minimum Gasteiger partial charge on any atom is -0.385 e. The number of nitrogens with zero attached hydrogens (tertiary/aromatic N) is 1. The topological polar surface area (TPSA) is 24.9 Å². The number of aromatic nitrogens is 1. The van der Waals surface area contributed by atoms with Crippen LogP contribution in [0.2, 0.25) is 0 Å². The molecule has 0 bridgehead atoms. The monoisotopic (exact) mass is 234 g/mol. The number of rotatable bonds is 4. The molecule has 0 aliphatic carbocycles. The Morgan fingerprint density at radius 1 is 1.12 bits per heavy atom. The third-order valence-corrected chi connectivity index (χ3v) is 2.39. The van der Waals surface area contributed by atoms with Gasteiger partial charge in [0, 0.05) is 24.6 Å². The van der Waals surface area contributed by atoms with Crippen LogP contribution in [0.3, 0.4) is 0 Å². The Balaban J connectivity index is 1.88. The van der Waals surface area contributed by atoms with Gasteiger partial charge in [0.1, 0.15) is 0 Å². The Morgan fingerprint density at radius 3 is 2.71 bits per heavy atom. The van der Waals surface area contributed by atoms with Crippen molar-refractivity contribution in [3.8, 4) is 0 Å². The van der Waals surface area contributed by atoms with Gasteiger partial charge in [-0.15, -0.1) is 0 Å². The maximum Gasteiger partial charge on any atom is 0.160 e. The summed E-state index contributed by atoms with van der Waals surface area (Å²) in [6.07, 6.45) is 4.28. The molecule has 0 aliphatic heterocycles. The molecule has 88 valence electrons. The molecular formula is C13H12F2N2. The molecule has 0 fully saturated rings. The summed E-state index contributed by atoms with van der Waals surface area (Å²) < 4.78 is 25.6. The second-order valence-corrected chi connectivity index (χ2v) is 3.67. The summed E-state index contributed by atoms with van der Waals surface area (Å²) in [4.78, 5) is 4.00. The van der Waals surface area contributed by atoms with Gasteiger partial charge in [0.15, 0.2) is 11.6 Å². The third kappa shape index (κ3) is 3.24. The van der Waals surface area contributed by atoms with E-state index < -0.39 is 11.6 Å². The van der Waals surface area contributed by atoms with Crippen molar-refractivity contribution >= 4 is 5.69 Å². The van der Waals surface area contributed by atoms with Crippen molar-refractivity contribution in [2.75, 3.05) is 11.9 Å². The normalized spacial score (nSPS) is 10.2. The highest BCUT2D eigenvalue weighted by Gasteiger charge is 2.01. The smallest absolute Gasteiger partial charge is 0.160 e. The fourth-order valence-corrected chi connectivity index (χ4v) is 1.50. The quantitative estimate of drug-likeness (QED) is 0.879. The second kappa shape index (κ2) is 5.39. The molecule has 0 unspecified atom stereocenters. The van der Waals surface area contributed by atoms with E-state index in [1.54, 1.807) is 12.4 Å². The minimum atomic E-state index is -0.837. The molecule has 0 saturated carbocycles. The van der Waals surface area contributed by atoms with Crippen LogP contribution in [0.4, 0.5) is 14.5 Å². The molecule has 1 N–H and O–H groups in total. The minimum absolute atomic E-state index is 0.577. The van der Waals surface area contributed by atoms with E-state index in [1.165, 1.54) is 6.07 Å². The van der Waals surface area contributed by atoms with Crippen molar-refractivity contribution in [3.05, 3.63) is 59.9 Å². The van der Waals surface area contributed by atoms with E-state index in [2.05, 4.69) is 10.3 Å². The van der Waals surface area contributed by atoms with Crippen LogP contribution in [0, 0.1) is 11.6 Å².